The highest BCUT2D eigenvalue weighted by Crippen LogP contribution is 2.46. The van der Waals surface area contributed by atoms with Gasteiger partial charge in [0.1, 0.15) is 12.4 Å². The summed E-state index contributed by atoms with van der Waals surface area (Å²) in [6, 6.07) is 25.1. The number of nitrogens with one attached hydrogen (secondary N) is 1. The van der Waals surface area contributed by atoms with Crippen LogP contribution in [0.25, 0.3) is 0 Å². The summed E-state index contributed by atoms with van der Waals surface area (Å²) in [5.41, 5.74) is 1.89. The molecule has 3 aromatic rings. The summed E-state index contributed by atoms with van der Waals surface area (Å²) in [6.07, 6.45) is 1.61. The average molecular weight is 578 g/mol. The van der Waals surface area contributed by atoms with Crippen LogP contribution in [0.2, 0.25) is 0 Å². The highest BCUT2D eigenvalue weighted by Gasteiger charge is 2.47. The molecule has 2 atom stereocenters. The third-order valence-corrected chi connectivity index (χ3v) is 9.17. The van der Waals surface area contributed by atoms with E-state index in [1.54, 1.807) is 47.4 Å². The molecule has 9 nitrogen and oxygen atoms in total. The van der Waals surface area contributed by atoms with E-state index >= 15 is 0 Å². The first kappa shape index (κ1) is 28.6. The molecule has 2 amide bonds. The molecule has 0 bridgehead atoms. The Morgan fingerprint density at radius 2 is 1.56 bits per heavy atom. The summed E-state index contributed by atoms with van der Waals surface area (Å²) in [5, 5.41) is 9.94. The lowest BCUT2D eigenvalue weighted by molar-refractivity contribution is -0.118. The molecule has 1 saturated heterocycles. The first-order valence-corrected chi connectivity index (χ1v) is 15.4. The van der Waals surface area contributed by atoms with Crippen LogP contribution >= 0.6 is 0 Å². The van der Waals surface area contributed by atoms with Crippen LogP contribution in [0.15, 0.2) is 89.8 Å². The topological polar surface area (TPSA) is 116 Å². The molecule has 1 heterocycles. The molecule has 5 rings (SSSR count). The van der Waals surface area contributed by atoms with Crippen LogP contribution < -0.4 is 9.46 Å². The van der Waals surface area contributed by atoms with E-state index in [1.807, 2.05) is 18.2 Å². The Bertz CT molecular complexity index is 1430. The molecule has 2 aliphatic rings. The van der Waals surface area contributed by atoms with Gasteiger partial charge in [-0.1, -0.05) is 60.7 Å². The lowest BCUT2D eigenvalue weighted by atomic mass is 10.0. The number of piperidine rings is 1. The Morgan fingerprint density at radius 3 is 2.20 bits per heavy atom. The molecule has 10 heteroatoms. The number of amides is 2. The van der Waals surface area contributed by atoms with E-state index in [9.17, 15) is 23.1 Å². The Morgan fingerprint density at radius 1 is 0.927 bits per heavy atom. The predicted molar refractivity (Wildman–Crippen MR) is 154 cm³/mol. The van der Waals surface area contributed by atoms with E-state index in [-0.39, 0.29) is 23.4 Å². The molecule has 216 valence electrons. The van der Waals surface area contributed by atoms with Crippen LogP contribution in [0.4, 0.5) is 4.79 Å². The van der Waals surface area contributed by atoms with Gasteiger partial charge in [0, 0.05) is 37.6 Å². The normalized spacial score (nSPS) is 19.3. The molecule has 0 radical (unpaired) electrons. The molecule has 3 aromatic carbocycles. The zero-order valence-corrected chi connectivity index (χ0v) is 23.6. The van der Waals surface area contributed by atoms with Crippen molar-refractivity contribution in [1.82, 2.24) is 14.5 Å². The van der Waals surface area contributed by atoms with E-state index in [2.05, 4.69) is 21.8 Å². The number of ether oxygens (including phenoxy) is 1. The van der Waals surface area contributed by atoms with Crippen molar-refractivity contribution in [3.05, 3.63) is 96.1 Å². The molecule has 0 aromatic heterocycles. The van der Waals surface area contributed by atoms with Crippen molar-refractivity contribution in [2.24, 2.45) is 0 Å². The molecule has 2 N–H and O–H groups in total. The largest absolute Gasteiger partial charge is 0.492 e. The van der Waals surface area contributed by atoms with Crippen molar-refractivity contribution < 1.29 is 27.9 Å². The van der Waals surface area contributed by atoms with Gasteiger partial charge in [-0.05, 0) is 54.7 Å². The number of carbonyl (C=O) groups excluding carboxylic acids is 1. The monoisotopic (exact) mass is 577 g/mol. The number of hydrogen-bond donors (Lipinski definition) is 2. The zero-order chi connectivity index (χ0) is 28.8. The molecule has 1 aliphatic carbocycles. The maximum atomic E-state index is 12.3. The first-order chi connectivity index (χ1) is 19.8. The van der Waals surface area contributed by atoms with Gasteiger partial charge in [0.25, 0.3) is 10.0 Å². The van der Waals surface area contributed by atoms with Crippen LogP contribution in [0, 0.1) is 0 Å². The smallest absolute Gasteiger partial charge is 0.407 e. The molecule has 1 saturated carbocycles. The van der Waals surface area contributed by atoms with Crippen molar-refractivity contribution in [2.75, 3.05) is 26.2 Å². The highest BCUT2D eigenvalue weighted by molar-refractivity contribution is 7.90. The number of sulfonamides is 1. The molecule has 0 spiro atoms. The fourth-order valence-corrected chi connectivity index (χ4v) is 6.57. The van der Waals surface area contributed by atoms with Crippen LogP contribution in [0.3, 0.4) is 0 Å². The maximum absolute atomic E-state index is 12.3. The van der Waals surface area contributed by atoms with Crippen molar-refractivity contribution in [3.8, 4) is 5.75 Å². The van der Waals surface area contributed by atoms with Crippen LogP contribution in [0.1, 0.15) is 36.3 Å². The third-order valence-electron chi connectivity index (χ3n) is 7.78. The first-order valence-electron chi connectivity index (χ1n) is 13.9. The summed E-state index contributed by atoms with van der Waals surface area (Å²) in [5.74, 6) is 0.352. The predicted octanol–water partition coefficient (Wildman–Crippen LogP) is 4.11. The number of nitrogens with zero attached hydrogens (tertiary/aromatic N) is 2. The number of carboxylic acid groups (broad SMARTS) is 1. The van der Waals surface area contributed by atoms with Crippen LogP contribution in [0.5, 0.6) is 5.75 Å². The van der Waals surface area contributed by atoms with Crippen LogP contribution in [-0.2, 0) is 21.2 Å². The second-order valence-electron chi connectivity index (χ2n) is 10.6. The van der Waals surface area contributed by atoms with E-state index in [0.29, 0.717) is 23.8 Å². The molecule has 2 fully saturated rings. The maximum Gasteiger partial charge on any atom is 0.407 e. The fourth-order valence-electron chi connectivity index (χ4n) is 5.56. The number of likely N-dealkylation sites (tertiary alicyclic amines) is 1. The number of hydrogen-bond acceptors (Lipinski definition) is 6. The van der Waals surface area contributed by atoms with Gasteiger partial charge in [0.2, 0.25) is 5.91 Å². The molecule has 0 unspecified atom stereocenters. The highest BCUT2D eigenvalue weighted by atomic mass is 32.2. The van der Waals surface area contributed by atoms with Gasteiger partial charge in [-0.25, -0.2) is 17.9 Å². The number of benzene rings is 3. The minimum atomic E-state index is -3.90. The standard InChI is InChI=1S/C31H35N3O6S/c35-30(32-41(38,39)27-9-5-2-6-10-27)21-23-11-13-26(14-12-23)40-20-19-33-17-15-25(16-18-33)34(31(36)37)29-22-28(29)24-7-3-1-4-8-24/h1-14,25,28-29H,15-22H2,(H,32,35)(H,36,37)/t28-,29+/m0/s1. The molecule has 1 aliphatic heterocycles. The van der Waals surface area contributed by atoms with Crippen LogP contribution in [-0.4, -0.2) is 73.6 Å². The van der Waals surface area contributed by atoms with Crippen molar-refractivity contribution in [1.29, 1.82) is 0 Å². The SMILES string of the molecule is O=C(Cc1ccc(OCCN2CCC(N(C(=O)O)[C@@H]3C[C@H]3c3ccccc3)CC2)cc1)NS(=O)(=O)c1ccccc1. The van der Waals surface area contributed by atoms with Gasteiger partial charge in [0.05, 0.1) is 11.3 Å². The van der Waals surface area contributed by atoms with Gasteiger partial charge >= 0.3 is 6.09 Å². The molecular formula is C31H35N3O6S. The van der Waals surface area contributed by atoms with E-state index < -0.39 is 22.0 Å². The summed E-state index contributed by atoms with van der Waals surface area (Å²) in [6.45, 7) is 2.86. The summed E-state index contributed by atoms with van der Waals surface area (Å²) < 4.78 is 32.7. The zero-order valence-electron chi connectivity index (χ0n) is 22.8. The van der Waals surface area contributed by atoms with E-state index in [4.69, 9.17) is 4.74 Å². The summed E-state index contributed by atoms with van der Waals surface area (Å²) in [7, 11) is -3.90. The Balaban J connectivity index is 1.03. The lowest BCUT2D eigenvalue weighted by Gasteiger charge is -2.37. The third kappa shape index (κ3) is 7.45. The number of rotatable bonds is 11. The Hall–Kier alpha value is -3.89. The Kier molecular flexibility index (Phi) is 8.90. The van der Waals surface area contributed by atoms with Gasteiger partial charge in [0.15, 0.2) is 0 Å². The van der Waals surface area contributed by atoms with E-state index in [0.717, 1.165) is 38.9 Å². The lowest BCUT2D eigenvalue weighted by Crippen LogP contribution is -2.48. The quantitative estimate of drug-likeness (QED) is 0.352. The van der Waals surface area contributed by atoms with Crippen molar-refractivity contribution >= 4 is 22.0 Å². The second-order valence-corrected chi connectivity index (χ2v) is 12.3. The minimum Gasteiger partial charge on any atom is -0.492 e. The summed E-state index contributed by atoms with van der Waals surface area (Å²) in [4.78, 5) is 28.4. The summed E-state index contributed by atoms with van der Waals surface area (Å²) >= 11 is 0. The van der Waals surface area contributed by atoms with E-state index in [1.165, 1.54) is 17.7 Å². The second kappa shape index (κ2) is 12.7. The molecular weight excluding hydrogens is 542 g/mol. The Labute approximate surface area is 240 Å². The average Bonchev–Trinajstić information content (AvgIpc) is 3.76. The van der Waals surface area contributed by atoms with Crippen molar-refractivity contribution in [3.63, 3.8) is 0 Å². The van der Waals surface area contributed by atoms with Gasteiger partial charge in [-0.3, -0.25) is 9.69 Å². The fraction of sp³-hybridized carbons (Fsp3) is 0.355. The van der Waals surface area contributed by atoms with Gasteiger partial charge in [-0.15, -0.1) is 0 Å². The number of carbonyl (C=O) groups is 2. The van der Waals surface area contributed by atoms with Crippen molar-refractivity contribution in [2.45, 2.75) is 48.6 Å². The van der Waals surface area contributed by atoms with Gasteiger partial charge < -0.3 is 14.7 Å². The minimum absolute atomic E-state index is 0.0378. The van der Waals surface area contributed by atoms with Gasteiger partial charge in [-0.2, -0.15) is 0 Å². The molecule has 41 heavy (non-hydrogen) atoms.